The van der Waals surface area contributed by atoms with Gasteiger partial charge in [-0.05, 0) is 48.9 Å². The van der Waals surface area contributed by atoms with E-state index in [1.165, 1.54) is 11.8 Å². The molecule has 0 radical (unpaired) electrons. The van der Waals surface area contributed by atoms with Gasteiger partial charge in [0, 0.05) is 16.5 Å². The predicted octanol–water partition coefficient (Wildman–Crippen LogP) is 5.12. The van der Waals surface area contributed by atoms with Gasteiger partial charge in [-0.2, -0.15) is 9.78 Å². The van der Waals surface area contributed by atoms with E-state index in [-0.39, 0.29) is 5.91 Å². The molecule has 0 amide bonds. The summed E-state index contributed by atoms with van der Waals surface area (Å²) in [5, 5.41) is 5.72. The lowest BCUT2D eigenvalue weighted by atomic mass is 10.0. The lowest BCUT2D eigenvalue weighted by molar-refractivity contribution is 0.0600. The average Bonchev–Trinajstić information content (AvgIpc) is 3.17. The predicted molar refractivity (Wildman–Crippen MR) is 120 cm³/mol. The molecule has 31 heavy (non-hydrogen) atoms. The summed E-state index contributed by atoms with van der Waals surface area (Å²) >= 11 is 6.33. The van der Waals surface area contributed by atoms with Gasteiger partial charge in [0.2, 0.25) is 0 Å². The van der Waals surface area contributed by atoms with Crippen LogP contribution in [-0.2, 0) is 4.74 Å². The molecule has 0 saturated heterocycles. The quantitative estimate of drug-likeness (QED) is 0.335. The topological polar surface area (TPSA) is 61.2 Å². The number of esters is 1. The third-order valence-electron chi connectivity index (χ3n) is 5.06. The molecule has 152 valence electrons. The van der Waals surface area contributed by atoms with E-state index in [1.54, 1.807) is 48.5 Å². The van der Waals surface area contributed by atoms with Crippen molar-refractivity contribution in [3.8, 4) is 23.6 Å². The summed E-state index contributed by atoms with van der Waals surface area (Å²) in [7, 11) is 1.33. The lowest BCUT2D eigenvalue weighted by Gasteiger charge is -2.08. The molecule has 0 atom stereocenters. The Morgan fingerprint density at radius 2 is 1.84 bits per heavy atom. The summed E-state index contributed by atoms with van der Waals surface area (Å²) < 4.78 is 6.08. The van der Waals surface area contributed by atoms with Crippen LogP contribution < -0.4 is 0 Å². The number of methoxy groups -OCH3 is 1. The molecule has 0 unspecified atom stereocenters. The second-order valence-corrected chi connectivity index (χ2v) is 7.35. The summed E-state index contributed by atoms with van der Waals surface area (Å²) in [6.07, 6.45) is 5.57. The highest BCUT2D eigenvalue weighted by molar-refractivity contribution is 6.34. The van der Waals surface area contributed by atoms with E-state index in [0.29, 0.717) is 32.9 Å². The molecule has 4 aromatic rings. The molecule has 5 nitrogen and oxygen atoms in total. The molecular formula is C25H17ClN2O3. The number of ether oxygens (including phenoxy) is 1. The van der Waals surface area contributed by atoms with Crippen LogP contribution in [0.25, 0.3) is 22.2 Å². The van der Waals surface area contributed by atoms with Crippen molar-refractivity contribution in [2.75, 3.05) is 7.11 Å². The van der Waals surface area contributed by atoms with Gasteiger partial charge in [-0.3, -0.25) is 4.79 Å². The van der Waals surface area contributed by atoms with Crippen LogP contribution in [0.1, 0.15) is 31.8 Å². The minimum atomic E-state index is -0.426. The molecule has 0 aliphatic heterocycles. The number of nitrogens with zero attached hydrogens (tertiary/aromatic N) is 2. The van der Waals surface area contributed by atoms with E-state index >= 15 is 0 Å². The molecular weight excluding hydrogens is 412 g/mol. The molecule has 0 aliphatic rings. The van der Waals surface area contributed by atoms with Crippen molar-refractivity contribution in [2.24, 2.45) is 0 Å². The maximum absolute atomic E-state index is 13.4. The van der Waals surface area contributed by atoms with Crippen molar-refractivity contribution >= 4 is 34.4 Å². The van der Waals surface area contributed by atoms with E-state index in [2.05, 4.69) is 11.0 Å². The van der Waals surface area contributed by atoms with Gasteiger partial charge in [0.05, 0.1) is 28.8 Å². The molecule has 1 heterocycles. The molecule has 1 aromatic heterocycles. The Balaban J connectivity index is 1.92. The first-order chi connectivity index (χ1) is 14.9. The van der Waals surface area contributed by atoms with Crippen LogP contribution in [0.3, 0.4) is 0 Å². The van der Waals surface area contributed by atoms with Crippen LogP contribution in [0.2, 0.25) is 5.02 Å². The van der Waals surface area contributed by atoms with Crippen molar-refractivity contribution in [3.63, 3.8) is 0 Å². The molecule has 0 bridgehead atoms. The fraction of sp³-hybridized carbons (Fsp3) is 0.0800. The average molecular weight is 429 g/mol. The standard InChI is InChI=1S/C25H17ClN2O3/c1-4-16-8-13-19-21(14-16)28(24(29)22-15(2)6-5-7-20(22)26)27-23(19)17-9-11-18(12-10-17)25(30)31-3/h1,5-14H,2-3H3. The molecule has 0 saturated carbocycles. The van der Waals surface area contributed by atoms with Gasteiger partial charge in [-0.1, -0.05) is 41.8 Å². The number of rotatable bonds is 3. The summed E-state index contributed by atoms with van der Waals surface area (Å²) in [6.45, 7) is 1.82. The molecule has 4 rings (SSSR count). The highest BCUT2D eigenvalue weighted by atomic mass is 35.5. The smallest absolute Gasteiger partial charge is 0.337 e. The van der Waals surface area contributed by atoms with Crippen molar-refractivity contribution in [1.82, 2.24) is 9.78 Å². The third-order valence-corrected chi connectivity index (χ3v) is 5.37. The lowest BCUT2D eigenvalue weighted by Crippen LogP contribution is -2.15. The molecule has 0 fully saturated rings. The van der Waals surface area contributed by atoms with Crippen LogP contribution in [0.15, 0.2) is 60.7 Å². The first-order valence-electron chi connectivity index (χ1n) is 9.42. The van der Waals surface area contributed by atoms with E-state index < -0.39 is 5.97 Å². The number of carbonyl (C=O) groups excluding carboxylic acids is 2. The minimum absolute atomic E-state index is 0.347. The van der Waals surface area contributed by atoms with Gasteiger partial charge in [0.25, 0.3) is 5.91 Å². The van der Waals surface area contributed by atoms with Crippen molar-refractivity contribution in [3.05, 3.63) is 87.9 Å². The van der Waals surface area contributed by atoms with Crippen molar-refractivity contribution in [2.45, 2.75) is 6.92 Å². The Kier molecular flexibility index (Phi) is 5.33. The van der Waals surface area contributed by atoms with Crippen molar-refractivity contribution < 1.29 is 14.3 Å². The highest BCUT2D eigenvalue weighted by Crippen LogP contribution is 2.31. The van der Waals surface area contributed by atoms with Gasteiger partial charge in [0.1, 0.15) is 5.69 Å². The van der Waals surface area contributed by atoms with Gasteiger partial charge in [-0.15, -0.1) is 6.42 Å². The number of hydrogen-bond acceptors (Lipinski definition) is 4. The fourth-order valence-electron chi connectivity index (χ4n) is 3.46. The zero-order chi connectivity index (χ0) is 22.1. The Hall–Kier alpha value is -3.88. The molecule has 0 spiro atoms. The van der Waals surface area contributed by atoms with Gasteiger partial charge in [0.15, 0.2) is 0 Å². The van der Waals surface area contributed by atoms with Gasteiger partial charge >= 0.3 is 5.97 Å². The molecule has 3 aromatic carbocycles. The summed E-state index contributed by atoms with van der Waals surface area (Å²) in [6, 6.07) is 17.5. The minimum Gasteiger partial charge on any atom is -0.465 e. The first-order valence-corrected chi connectivity index (χ1v) is 9.80. The number of carbonyl (C=O) groups is 2. The van der Waals surface area contributed by atoms with Crippen LogP contribution >= 0.6 is 11.6 Å². The Labute approximate surface area is 184 Å². The van der Waals surface area contributed by atoms with Crippen LogP contribution in [0, 0.1) is 19.3 Å². The van der Waals surface area contributed by atoms with Gasteiger partial charge < -0.3 is 4.74 Å². The summed E-state index contributed by atoms with van der Waals surface area (Å²) in [4.78, 5) is 25.2. The van der Waals surface area contributed by atoms with Crippen LogP contribution in [0.5, 0.6) is 0 Å². The Bertz CT molecular complexity index is 1360. The van der Waals surface area contributed by atoms with E-state index in [0.717, 1.165) is 16.5 Å². The second kappa shape index (κ2) is 8.10. The van der Waals surface area contributed by atoms with Crippen molar-refractivity contribution in [1.29, 1.82) is 0 Å². The number of aromatic nitrogens is 2. The number of aryl methyl sites for hydroxylation is 1. The van der Waals surface area contributed by atoms with Crippen LogP contribution in [-0.4, -0.2) is 28.8 Å². The largest absolute Gasteiger partial charge is 0.465 e. The number of halogens is 1. The highest BCUT2D eigenvalue weighted by Gasteiger charge is 2.22. The number of hydrogen-bond donors (Lipinski definition) is 0. The van der Waals surface area contributed by atoms with E-state index in [4.69, 9.17) is 22.8 Å². The summed E-state index contributed by atoms with van der Waals surface area (Å²) in [5.41, 5.74) is 4.09. The number of fused-ring (bicyclic) bond motifs is 1. The third kappa shape index (κ3) is 3.58. The fourth-order valence-corrected chi connectivity index (χ4v) is 3.77. The molecule has 0 aliphatic carbocycles. The van der Waals surface area contributed by atoms with E-state index in [9.17, 15) is 9.59 Å². The zero-order valence-electron chi connectivity index (χ0n) is 16.8. The Morgan fingerprint density at radius 3 is 2.48 bits per heavy atom. The Morgan fingerprint density at radius 1 is 1.10 bits per heavy atom. The maximum atomic E-state index is 13.4. The normalized spacial score (nSPS) is 10.6. The zero-order valence-corrected chi connectivity index (χ0v) is 17.6. The summed E-state index contributed by atoms with van der Waals surface area (Å²) in [5.74, 6) is 1.82. The monoisotopic (exact) mass is 428 g/mol. The van der Waals surface area contributed by atoms with E-state index in [1.807, 2.05) is 19.1 Å². The molecule has 6 heteroatoms. The number of terminal acetylenes is 1. The second-order valence-electron chi connectivity index (χ2n) is 6.94. The van der Waals surface area contributed by atoms with Gasteiger partial charge in [-0.25, -0.2) is 4.79 Å². The van der Waals surface area contributed by atoms with Crippen LogP contribution in [0.4, 0.5) is 0 Å². The molecule has 0 N–H and O–H groups in total. The number of benzene rings is 3. The first kappa shape index (κ1) is 20.4. The SMILES string of the molecule is C#Cc1ccc2c(-c3ccc(C(=O)OC)cc3)nn(C(=O)c3c(C)cccc3Cl)c2c1. The maximum Gasteiger partial charge on any atom is 0.337 e.